The van der Waals surface area contributed by atoms with Gasteiger partial charge in [-0.3, -0.25) is 14.4 Å². The van der Waals surface area contributed by atoms with Crippen LogP contribution in [0.1, 0.15) is 34.5 Å². The van der Waals surface area contributed by atoms with Crippen LogP contribution in [-0.4, -0.2) is 46.4 Å². The molecule has 8 nitrogen and oxygen atoms in total. The van der Waals surface area contributed by atoms with E-state index in [1.807, 2.05) is 25.1 Å². The Balaban J connectivity index is 1.43. The number of anilines is 2. The minimum atomic E-state index is -0.682. The van der Waals surface area contributed by atoms with Crippen LogP contribution < -0.4 is 16.0 Å². The summed E-state index contributed by atoms with van der Waals surface area (Å²) in [5, 5.41) is 9.69. The van der Waals surface area contributed by atoms with Crippen LogP contribution in [0.5, 0.6) is 0 Å². The molecule has 1 aromatic carbocycles. The zero-order valence-corrected chi connectivity index (χ0v) is 16.3. The molecule has 1 unspecified atom stereocenters. The number of para-hydroxylation sites is 1. The van der Waals surface area contributed by atoms with E-state index in [0.717, 1.165) is 10.6 Å². The number of aryl methyl sites for hydroxylation is 1. The fourth-order valence-corrected chi connectivity index (χ4v) is 4.26. The van der Waals surface area contributed by atoms with Crippen LogP contribution >= 0.6 is 11.3 Å². The molecule has 28 heavy (non-hydrogen) atoms. The van der Waals surface area contributed by atoms with Crippen molar-refractivity contribution in [1.82, 2.24) is 15.2 Å². The molecule has 3 N–H and O–H groups in total. The molecule has 1 atom stereocenters. The van der Waals surface area contributed by atoms with E-state index in [4.69, 9.17) is 0 Å². The number of likely N-dealkylation sites (tertiary alicyclic amines) is 1. The van der Waals surface area contributed by atoms with Crippen LogP contribution in [-0.2, 0) is 9.59 Å². The second kappa shape index (κ2) is 7.23. The fraction of sp³-hybridized carbons (Fsp3) is 0.368. The number of hydrogen-bond donors (Lipinski definition) is 3. The lowest BCUT2D eigenvalue weighted by molar-refractivity contribution is -0.134. The van der Waals surface area contributed by atoms with E-state index in [1.54, 1.807) is 17.2 Å². The van der Waals surface area contributed by atoms with Crippen molar-refractivity contribution in [2.45, 2.75) is 31.8 Å². The summed E-state index contributed by atoms with van der Waals surface area (Å²) >= 11 is 1.39. The summed E-state index contributed by atoms with van der Waals surface area (Å²) in [4.78, 5) is 44.0. The largest absolute Gasteiger partial charge is 0.362 e. The Morgan fingerprint density at radius 2 is 2.11 bits per heavy atom. The van der Waals surface area contributed by atoms with Gasteiger partial charge in [-0.05, 0) is 25.5 Å². The van der Waals surface area contributed by atoms with Crippen LogP contribution in [0.4, 0.5) is 10.8 Å². The zero-order chi connectivity index (χ0) is 19.7. The van der Waals surface area contributed by atoms with E-state index >= 15 is 0 Å². The molecule has 4 rings (SSSR count). The van der Waals surface area contributed by atoms with Crippen LogP contribution in [0.2, 0.25) is 0 Å². The Labute approximate surface area is 166 Å². The molecule has 2 aromatic rings. The van der Waals surface area contributed by atoms with Crippen molar-refractivity contribution in [1.29, 1.82) is 0 Å². The topological polar surface area (TPSA) is 103 Å². The summed E-state index contributed by atoms with van der Waals surface area (Å²) in [7, 11) is 0. The molecule has 3 amide bonds. The SMILES string of the molecule is Cc1cnc(NC(=O)CN2CCC3(CCC2=O)NC(=O)c2ccccc2N3)s1. The van der Waals surface area contributed by atoms with Crippen LogP contribution in [0, 0.1) is 6.92 Å². The maximum Gasteiger partial charge on any atom is 0.255 e. The Kier molecular flexibility index (Phi) is 4.76. The Morgan fingerprint density at radius 3 is 2.89 bits per heavy atom. The highest BCUT2D eigenvalue weighted by Crippen LogP contribution is 2.31. The third-order valence-electron chi connectivity index (χ3n) is 5.03. The van der Waals surface area contributed by atoms with Crippen molar-refractivity contribution in [2.75, 3.05) is 23.7 Å². The quantitative estimate of drug-likeness (QED) is 0.732. The number of nitrogens with one attached hydrogen (secondary N) is 3. The first kappa shape index (κ1) is 18.4. The normalized spacial score (nSPS) is 21.5. The van der Waals surface area contributed by atoms with Crippen molar-refractivity contribution in [3.05, 3.63) is 40.9 Å². The molecule has 9 heteroatoms. The smallest absolute Gasteiger partial charge is 0.255 e. The molecule has 1 aromatic heterocycles. The van der Waals surface area contributed by atoms with Gasteiger partial charge in [-0.2, -0.15) is 0 Å². The van der Waals surface area contributed by atoms with Crippen molar-refractivity contribution in [2.24, 2.45) is 0 Å². The Hall–Kier alpha value is -2.94. The van der Waals surface area contributed by atoms with Crippen molar-refractivity contribution < 1.29 is 14.4 Å². The highest BCUT2D eigenvalue weighted by Gasteiger charge is 2.40. The van der Waals surface area contributed by atoms with E-state index in [9.17, 15) is 14.4 Å². The number of amides is 3. The first-order valence-corrected chi connectivity index (χ1v) is 9.96. The molecule has 0 bridgehead atoms. The lowest BCUT2D eigenvalue weighted by Gasteiger charge is -2.39. The van der Waals surface area contributed by atoms with Gasteiger partial charge in [-0.1, -0.05) is 12.1 Å². The average molecular weight is 399 g/mol. The summed E-state index contributed by atoms with van der Waals surface area (Å²) in [6.45, 7) is 2.26. The lowest BCUT2D eigenvalue weighted by atomic mass is 9.95. The Bertz CT molecular complexity index is 943. The van der Waals surface area contributed by atoms with Gasteiger partial charge in [0.05, 0.1) is 12.1 Å². The molecule has 1 spiro atoms. The number of rotatable bonds is 3. The van der Waals surface area contributed by atoms with Gasteiger partial charge in [-0.25, -0.2) is 4.98 Å². The molecule has 3 heterocycles. The molecule has 146 valence electrons. The Morgan fingerprint density at radius 1 is 1.29 bits per heavy atom. The highest BCUT2D eigenvalue weighted by molar-refractivity contribution is 7.15. The first-order valence-electron chi connectivity index (χ1n) is 9.14. The van der Waals surface area contributed by atoms with Gasteiger partial charge in [0, 0.05) is 36.1 Å². The van der Waals surface area contributed by atoms with Crippen LogP contribution in [0.25, 0.3) is 0 Å². The molecular formula is C19H21N5O3S. The molecule has 1 saturated heterocycles. The van der Waals surface area contributed by atoms with Gasteiger partial charge in [0.15, 0.2) is 5.13 Å². The summed E-state index contributed by atoms with van der Waals surface area (Å²) < 4.78 is 0. The van der Waals surface area contributed by atoms with E-state index < -0.39 is 5.66 Å². The summed E-state index contributed by atoms with van der Waals surface area (Å²) in [5.74, 6) is -0.519. The third kappa shape index (κ3) is 3.70. The predicted molar refractivity (Wildman–Crippen MR) is 106 cm³/mol. The summed E-state index contributed by atoms with van der Waals surface area (Å²) in [5.41, 5.74) is 0.682. The van der Waals surface area contributed by atoms with Gasteiger partial charge in [0.1, 0.15) is 5.66 Å². The van der Waals surface area contributed by atoms with Gasteiger partial charge in [0.2, 0.25) is 11.8 Å². The second-order valence-corrected chi connectivity index (χ2v) is 8.33. The second-order valence-electron chi connectivity index (χ2n) is 7.10. The van der Waals surface area contributed by atoms with E-state index in [0.29, 0.717) is 30.1 Å². The molecular weight excluding hydrogens is 378 g/mol. The van der Waals surface area contributed by atoms with Gasteiger partial charge < -0.3 is 20.9 Å². The van der Waals surface area contributed by atoms with E-state index in [2.05, 4.69) is 20.9 Å². The van der Waals surface area contributed by atoms with E-state index in [1.165, 1.54) is 11.3 Å². The maximum atomic E-state index is 12.6. The molecule has 0 saturated carbocycles. The third-order valence-corrected chi connectivity index (χ3v) is 5.86. The van der Waals surface area contributed by atoms with Gasteiger partial charge in [0.25, 0.3) is 5.91 Å². The summed E-state index contributed by atoms with van der Waals surface area (Å²) in [6.07, 6.45) is 2.92. The molecule has 2 aliphatic rings. The van der Waals surface area contributed by atoms with Crippen molar-refractivity contribution in [3.8, 4) is 0 Å². The minimum Gasteiger partial charge on any atom is -0.362 e. The maximum absolute atomic E-state index is 12.6. The number of carbonyl (C=O) groups excluding carboxylic acids is 3. The number of fused-ring (bicyclic) bond motifs is 1. The highest BCUT2D eigenvalue weighted by atomic mass is 32.1. The lowest BCUT2D eigenvalue weighted by Crippen LogP contribution is -2.58. The van der Waals surface area contributed by atoms with Gasteiger partial charge >= 0.3 is 0 Å². The fourth-order valence-electron chi connectivity index (χ4n) is 3.58. The van der Waals surface area contributed by atoms with E-state index in [-0.39, 0.29) is 30.7 Å². The standard InChI is InChI=1S/C19H21N5O3S/c1-12-10-20-18(28-12)21-15(25)11-24-9-8-19(7-6-16(24)26)22-14-5-3-2-4-13(14)17(27)23-19/h2-5,10,22H,6-9,11H2,1H3,(H,23,27)(H,20,21,25). The van der Waals surface area contributed by atoms with Crippen LogP contribution in [0.15, 0.2) is 30.5 Å². The average Bonchev–Trinajstić information content (AvgIpc) is 3.01. The van der Waals surface area contributed by atoms with Gasteiger partial charge in [-0.15, -0.1) is 11.3 Å². The van der Waals surface area contributed by atoms with Crippen molar-refractivity contribution >= 4 is 39.9 Å². The molecule has 0 aliphatic carbocycles. The van der Waals surface area contributed by atoms with Crippen LogP contribution in [0.3, 0.4) is 0 Å². The monoisotopic (exact) mass is 399 g/mol. The number of benzene rings is 1. The number of nitrogens with zero attached hydrogens (tertiary/aromatic N) is 2. The number of aromatic nitrogens is 1. The molecule has 2 aliphatic heterocycles. The molecule has 1 fully saturated rings. The minimum absolute atomic E-state index is 0.0297. The predicted octanol–water partition coefficient (Wildman–Crippen LogP) is 1.95. The molecule has 0 radical (unpaired) electrons. The number of thiazole rings is 1. The first-order chi connectivity index (χ1) is 13.4. The number of hydrogen-bond acceptors (Lipinski definition) is 6. The zero-order valence-electron chi connectivity index (χ0n) is 15.4. The number of carbonyl (C=O) groups is 3. The van der Waals surface area contributed by atoms with Crippen molar-refractivity contribution in [3.63, 3.8) is 0 Å². The summed E-state index contributed by atoms with van der Waals surface area (Å²) in [6, 6.07) is 7.32.